The van der Waals surface area contributed by atoms with E-state index >= 15 is 0 Å². The summed E-state index contributed by atoms with van der Waals surface area (Å²) >= 11 is 0. The number of nitrogens with two attached hydrogens (primary N) is 1. The molecule has 39 heavy (non-hydrogen) atoms. The molecule has 4 N–H and O–H groups in total. The molecule has 1 amide bonds. The summed E-state index contributed by atoms with van der Waals surface area (Å²) in [7, 11) is 3.47. The Morgan fingerprint density at radius 1 is 1.21 bits per heavy atom. The number of Topliss-reactive ketones (excluding diaryl/α,β-unsaturated/α-hetero) is 1. The normalized spacial score (nSPS) is 15.6. The van der Waals surface area contributed by atoms with Crippen molar-refractivity contribution in [1.29, 1.82) is 0 Å². The largest absolute Gasteiger partial charge is 0.492 e. The summed E-state index contributed by atoms with van der Waals surface area (Å²) in [5, 5.41) is 13.2. The maximum atomic E-state index is 13.1. The zero-order valence-electron chi connectivity index (χ0n) is 22.5. The van der Waals surface area contributed by atoms with Gasteiger partial charge in [0.2, 0.25) is 0 Å². The number of piperidine rings is 1. The number of benzene rings is 2. The summed E-state index contributed by atoms with van der Waals surface area (Å²) in [6.45, 7) is 7.01. The average Bonchev–Trinajstić information content (AvgIpc) is 3.39. The highest BCUT2D eigenvalue weighted by atomic mass is 16.5. The van der Waals surface area contributed by atoms with Crippen molar-refractivity contribution < 1.29 is 19.4 Å². The monoisotopic (exact) mass is 531 g/mol. The summed E-state index contributed by atoms with van der Waals surface area (Å²) in [4.78, 5) is 29.3. The minimum atomic E-state index is -0.861. The third-order valence-electron chi connectivity index (χ3n) is 7.12. The van der Waals surface area contributed by atoms with Gasteiger partial charge in [-0.15, -0.1) is 0 Å². The van der Waals surface area contributed by atoms with Gasteiger partial charge in [0.25, 0.3) is 0 Å². The second-order valence-electron chi connectivity index (χ2n) is 9.67. The number of ether oxygens (including phenoxy) is 1. The Morgan fingerprint density at radius 2 is 1.92 bits per heavy atom. The van der Waals surface area contributed by atoms with Crippen LogP contribution in [-0.4, -0.2) is 78.9 Å². The first-order chi connectivity index (χ1) is 18.8. The van der Waals surface area contributed by atoms with Crippen LogP contribution in [0.4, 0.5) is 10.5 Å². The number of hydrogen-bond acceptors (Lipinski definition) is 7. The maximum Gasteiger partial charge on any atom is 0.325 e. The lowest BCUT2D eigenvalue weighted by molar-refractivity contribution is 0.0755. The number of carbonyl (C=O) groups is 2. The lowest BCUT2D eigenvalue weighted by Crippen LogP contribution is -2.38. The molecule has 1 fully saturated rings. The highest BCUT2D eigenvalue weighted by Crippen LogP contribution is 2.25. The lowest BCUT2D eigenvalue weighted by atomic mass is 10.0. The molecule has 0 saturated carbocycles. The fourth-order valence-electron chi connectivity index (χ4n) is 4.71. The van der Waals surface area contributed by atoms with E-state index in [2.05, 4.69) is 16.8 Å². The van der Waals surface area contributed by atoms with Crippen molar-refractivity contribution in [1.82, 2.24) is 14.8 Å². The number of aliphatic hydroxyl groups excluding tert-OH is 1. The van der Waals surface area contributed by atoms with Crippen molar-refractivity contribution in [3.63, 3.8) is 0 Å². The molecular weight excluding hydrogens is 494 g/mol. The quantitative estimate of drug-likeness (QED) is 0.272. The van der Waals surface area contributed by atoms with Gasteiger partial charge in [0.1, 0.15) is 12.4 Å². The van der Waals surface area contributed by atoms with Crippen molar-refractivity contribution in [2.45, 2.75) is 25.0 Å². The molecule has 206 valence electrons. The van der Waals surface area contributed by atoms with E-state index in [9.17, 15) is 14.7 Å². The number of aliphatic hydroxyl groups is 1. The van der Waals surface area contributed by atoms with Gasteiger partial charge < -0.3 is 25.8 Å². The Hall–Kier alpha value is -3.92. The molecule has 0 aliphatic carbocycles. The Kier molecular flexibility index (Phi) is 9.19. The zero-order valence-corrected chi connectivity index (χ0v) is 22.5. The first-order valence-corrected chi connectivity index (χ1v) is 13.1. The number of allylic oxidation sites excluding steroid dienone is 1. The molecule has 1 aliphatic rings. The van der Waals surface area contributed by atoms with E-state index in [1.807, 2.05) is 36.2 Å². The third-order valence-corrected chi connectivity index (χ3v) is 7.12. The van der Waals surface area contributed by atoms with Crippen LogP contribution in [0.5, 0.6) is 5.75 Å². The van der Waals surface area contributed by atoms with E-state index in [0.29, 0.717) is 23.6 Å². The maximum absolute atomic E-state index is 13.1. The molecule has 1 atom stereocenters. The first-order valence-electron chi connectivity index (χ1n) is 13.1. The first kappa shape index (κ1) is 28.1. The van der Waals surface area contributed by atoms with Crippen LogP contribution in [-0.2, 0) is 0 Å². The standard InChI is InChI=1S/C30H37N5O4/c1-4-23(33(3)24-7-10-28-22(19-24)11-16-35(28)30(38)32-2)20-27(31)29(37)21-5-8-26(9-6-21)39-18-17-34-14-12-25(36)13-15-34/h4-11,16,19-20,25,27,36H,1,12-15,17-18,31H2,2-3H3,(H,32,38)/b23-20+. The van der Waals surface area contributed by atoms with E-state index in [1.54, 1.807) is 54.2 Å². The Morgan fingerprint density at radius 3 is 2.59 bits per heavy atom. The molecule has 1 unspecified atom stereocenters. The number of likely N-dealkylation sites (tertiary alicyclic amines) is 1. The van der Waals surface area contributed by atoms with Gasteiger partial charge in [-0.05, 0) is 73.5 Å². The number of amides is 1. The minimum absolute atomic E-state index is 0.185. The third kappa shape index (κ3) is 6.75. The summed E-state index contributed by atoms with van der Waals surface area (Å²) < 4.78 is 7.39. The van der Waals surface area contributed by atoms with Gasteiger partial charge in [0.15, 0.2) is 5.78 Å². The molecule has 0 spiro atoms. The number of rotatable bonds is 10. The van der Waals surface area contributed by atoms with Gasteiger partial charge >= 0.3 is 6.03 Å². The number of ketones is 1. The number of carbonyl (C=O) groups excluding carboxylic acids is 2. The molecule has 4 rings (SSSR count). The van der Waals surface area contributed by atoms with Gasteiger partial charge in [-0.1, -0.05) is 6.58 Å². The molecular formula is C30H37N5O4. The molecule has 9 nitrogen and oxygen atoms in total. The van der Waals surface area contributed by atoms with Crippen LogP contribution in [0.25, 0.3) is 10.9 Å². The van der Waals surface area contributed by atoms with E-state index in [-0.39, 0.29) is 17.9 Å². The van der Waals surface area contributed by atoms with Crippen molar-refractivity contribution >= 4 is 28.4 Å². The lowest BCUT2D eigenvalue weighted by Gasteiger charge is -2.29. The Bertz CT molecular complexity index is 1340. The predicted molar refractivity (Wildman–Crippen MR) is 154 cm³/mol. The van der Waals surface area contributed by atoms with Gasteiger partial charge in [-0.25, -0.2) is 4.79 Å². The number of aromatic nitrogens is 1. The molecule has 2 aromatic carbocycles. The SMILES string of the molecule is C=C/C(=C\C(N)C(=O)c1ccc(OCCN2CCC(O)CC2)cc1)N(C)c1ccc2c(ccn2C(=O)NC)c1. The number of fused-ring (bicyclic) bond motifs is 1. The van der Waals surface area contributed by atoms with Crippen LogP contribution in [0.15, 0.2) is 79.2 Å². The topological polar surface area (TPSA) is 113 Å². The highest BCUT2D eigenvalue weighted by Gasteiger charge is 2.18. The van der Waals surface area contributed by atoms with Crippen molar-refractivity contribution in [2.24, 2.45) is 5.73 Å². The van der Waals surface area contributed by atoms with Crippen molar-refractivity contribution in [3.05, 3.63) is 84.7 Å². The number of nitrogens with one attached hydrogen (secondary N) is 1. The average molecular weight is 532 g/mol. The predicted octanol–water partition coefficient (Wildman–Crippen LogP) is 3.38. The van der Waals surface area contributed by atoms with Crippen molar-refractivity contribution in [3.8, 4) is 5.75 Å². The highest BCUT2D eigenvalue weighted by molar-refractivity contribution is 6.01. The van der Waals surface area contributed by atoms with E-state index in [0.717, 1.165) is 49.1 Å². The summed E-state index contributed by atoms with van der Waals surface area (Å²) in [5.41, 5.74) is 9.14. The zero-order chi connectivity index (χ0) is 27.9. The van der Waals surface area contributed by atoms with Crippen LogP contribution >= 0.6 is 0 Å². The van der Waals surface area contributed by atoms with Gasteiger partial charge in [0.05, 0.1) is 17.7 Å². The number of hydrogen-bond donors (Lipinski definition) is 3. The van der Waals surface area contributed by atoms with Crippen LogP contribution in [0.3, 0.4) is 0 Å². The van der Waals surface area contributed by atoms with E-state index < -0.39 is 6.04 Å². The Balaban J connectivity index is 1.37. The molecule has 1 aliphatic heterocycles. The number of anilines is 1. The summed E-state index contributed by atoms with van der Waals surface area (Å²) in [6.07, 6.45) is 6.50. The van der Waals surface area contributed by atoms with Crippen LogP contribution in [0.1, 0.15) is 23.2 Å². The van der Waals surface area contributed by atoms with E-state index in [4.69, 9.17) is 10.5 Å². The molecule has 1 saturated heterocycles. The van der Waals surface area contributed by atoms with Gasteiger partial charge in [-0.3, -0.25) is 14.3 Å². The summed E-state index contributed by atoms with van der Waals surface area (Å²) in [5.74, 6) is 0.485. The number of nitrogens with zero attached hydrogens (tertiary/aromatic N) is 3. The van der Waals surface area contributed by atoms with Crippen LogP contribution in [0, 0.1) is 0 Å². The molecule has 1 aromatic heterocycles. The Labute approximate surface area is 229 Å². The molecule has 0 bridgehead atoms. The fraction of sp³-hybridized carbons (Fsp3) is 0.333. The van der Waals surface area contributed by atoms with Gasteiger partial charge in [0, 0.05) is 62.3 Å². The van der Waals surface area contributed by atoms with E-state index in [1.165, 1.54) is 0 Å². The molecule has 3 aromatic rings. The molecule has 9 heteroatoms. The molecule has 0 radical (unpaired) electrons. The van der Waals surface area contributed by atoms with Crippen LogP contribution < -0.4 is 20.7 Å². The van der Waals surface area contributed by atoms with Crippen molar-refractivity contribution in [2.75, 3.05) is 45.2 Å². The van der Waals surface area contributed by atoms with Gasteiger partial charge in [-0.2, -0.15) is 0 Å². The van der Waals surface area contributed by atoms with Crippen LogP contribution in [0.2, 0.25) is 0 Å². The second-order valence-corrected chi connectivity index (χ2v) is 9.67. The molecule has 2 heterocycles. The second kappa shape index (κ2) is 12.8. The minimum Gasteiger partial charge on any atom is -0.492 e. The smallest absolute Gasteiger partial charge is 0.325 e. The number of likely N-dealkylation sites (N-methyl/N-ethyl adjacent to an activating group) is 1. The fourth-order valence-corrected chi connectivity index (χ4v) is 4.71. The summed E-state index contributed by atoms with van der Waals surface area (Å²) in [6, 6.07) is 13.6.